The number of halogens is 1. The number of aromatic nitrogens is 3. The summed E-state index contributed by atoms with van der Waals surface area (Å²) in [5, 5.41) is 9.23. The van der Waals surface area contributed by atoms with Crippen LogP contribution in [-0.4, -0.2) is 25.9 Å². The molecular weight excluding hydrogens is 319 g/mol. The Hall–Kier alpha value is -2.09. The van der Waals surface area contributed by atoms with Crippen molar-refractivity contribution in [3.63, 3.8) is 0 Å². The van der Waals surface area contributed by atoms with Gasteiger partial charge in [0.1, 0.15) is 5.82 Å². The number of aromatic amines is 1. The van der Waals surface area contributed by atoms with Crippen molar-refractivity contribution >= 4 is 17.7 Å². The van der Waals surface area contributed by atoms with Gasteiger partial charge in [0, 0.05) is 6.54 Å². The van der Waals surface area contributed by atoms with Gasteiger partial charge in [-0.15, -0.1) is 5.10 Å². The van der Waals surface area contributed by atoms with Crippen LogP contribution in [0, 0.1) is 5.82 Å². The normalized spacial score (nSPS) is 13.6. The Labute approximate surface area is 137 Å². The lowest BCUT2D eigenvalue weighted by Gasteiger charge is -2.17. The van der Waals surface area contributed by atoms with Gasteiger partial charge >= 0.3 is 5.69 Å². The molecule has 2 rings (SSSR count). The number of nitrogens with zero attached hydrogens (tertiary/aromatic N) is 2. The quantitative estimate of drug-likeness (QED) is 0.791. The van der Waals surface area contributed by atoms with E-state index in [1.165, 1.54) is 28.5 Å². The van der Waals surface area contributed by atoms with E-state index in [1.807, 2.05) is 13.8 Å². The summed E-state index contributed by atoms with van der Waals surface area (Å²) in [4.78, 5) is 23.8. The van der Waals surface area contributed by atoms with Gasteiger partial charge in [0.15, 0.2) is 5.16 Å². The summed E-state index contributed by atoms with van der Waals surface area (Å²) in [6.07, 6.45) is 0. The SMILES string of the molecule is CCn1c(SC(C)C(=O)NC(C)c2ccc(F)cc2)n[nH]c1=O. The van der Waals surface area contributed by atoms with Crippen LogP contribution in [0.15, 0.2) is 34.2 Å². The van der Waals surface area contributed by atoms with Crippen molar-refractivity contribution in [3.05, 3.63) is 46.1 Å². The number of nitrogens with one attached hydrogen (secondary N) is 2. The fourth-order valence-corrected chi connectivity index (χ4v) is 2.98. The zero-order valence-electron chi connectivity index (χ0n) is 13.2. The van der Waals surface area contributed by atoms with E-state index in [0.29, 0.717) is 11.7 Å². The predicted octanol–water partition coefficient (Wildman–Crippen LogP) is 2.09. The van der Waals surface area contributed by atoms with Crippen molar-refractivity contribution in [1.82, 2.24) is 20.1 Å². The Balaban J connectivity index is 1.99. The molecule has 0 aliphatic rings. The maximum Gasteiger partial charge on any atom is 0.343 e. The van der Waals surface area contributed by atoms with Crippen LogP contribution in [0.4, 0.5) is 4.39 Å². The Bertz CT molecular complexity index is 726. The molecule has 0 bridgehead atoms. The number of thioether (sulfide) groups is 1. The Morgan fingerprint density at radius 3 is 2.65 bits per heavy atom. The van der Waals surface area contributed by atoms with Crippen LogP contribution in [0.2, 0.25) is 0 Å². The van der Waals surface area contributed by atoms with Crippen LogP contribution in [0.25, 0.3) is 0 Å². The molecule has 2 N–H and O–H groups in total. The lowest BCUT2D eigenvalue weighted by atomic mass is 10.1. The van der Waals surface area contributed by atoms with Crippen LogP contribution in [0.1, 0.15) is 32.4 Å². The minimum Gasteiger partial charge on any atom is -0.349 e. The summed E-state index contributed by atoms with van der Waals surface area (Å²) >= 11 is 1.21. The maximum absolute atomic E-state index is 12.9. The smallest absolute Gasteiger partial charge is 0.343 e. The fraction of sp³-hybridized carbons (Fsp3) is 0.400. The molecule has 0 saturated carbocycles. The highest BCUT2D eigenvalue weighted by molar-refractivity contribution is 8.00. The molecule has 0 aliphatic heterocycles. The molecule has 0 aliphatic carbocycles. The molecule has 8 heteroatoms. The lowest BCUT2D eigenvalue weighted by Crippen LogP contribution is -2.33. The summed E-state index contributed by atoms with van der Waals surface area (Å²) in [5.74, 6) is -0.489. The summed E-state index contributed by atoms with van der Waals surface area (Å²) in [7, 11) is 0. The second kappa shape index (κ2) is 7.45. The van der Waals surface area contributed by atoms with E-state index in [4.69, 9.17) is 0 Å². The zero-order valence-corrected chi connectivity index (χ0v) is 14.0. The van der Waals surface area contributed by atoms with E-state index in [1.54, 1.807) is 19.1 Å². The van der Waals surface area contributed by atoms with E-state index in [-0.39, 0.29) is 23.5 Å². The van der Waals surface area contributed by atoms with Gasteiger partial charge in [-0.05, 0) is 38.5 Å². The number of carbonyl (C=O) groups excluding carboxylic acids is 1. The number of rotatable bonds is 6. The minimum atomic E-state index is -0.418. The van der Waals surface area contributed by atoms with E-state index >= 15 is 0 Å². The van der Waals surface area contributed by atoms with Crippen molar-refractivity contribution in [2.75, 3.05) is 0 Å². The molecule has 2 atom stereocenters. The third-order valence-corrected chi connectivity index (χ3v) is 4.51. The number of benzene rings is 1. The average molecular weight is 338 g/mol. The average Bonchev–Trinajstić information content (AvgIpc) is 2.87. The highest BCUT2D eigenvalue weighted by atomic mass is 32.2. The number of amides is 1. The fourth-order valence-electron chi connectivity index (χ4n) is 2.05. The van der Waals surface area contributed by atoms with Gasteiger partial charge in [0.25, 0.3) is 0 Å². The Kier molecular flexibility index (Phi) is 5.59. The number of carbonyl (C=O) groups is 1. The van der Waals surface area contributed by atoms with Gasteiger partial charge in [0.2, 0.25) is 5.91 Å². The van der Waals surface area contributed by atoms with E-state index in [0.717, 1.165) is 5.56 Å². The first-order valence-corrected chi connectivity index (χ1v) is 8.18. The summed E-state index contributed by atoms with van der Waals surface area (Å²) in [6, 6.07) is 5.76. The first kappa shape index (κ1) is 17.3. The van der Waals surface area contributed by atoms with Crippen molar-refractivity contribution in [2.24, 2.45) is 0 Å². The Morgan fingerprint density at radius 2 is 2.04 bits per heavy atom. The van der Waals surface area contributed by atoms with Crippen molar-refractivity contribution in [3.8, 4) is 0 Å². The molecule has 2 unspecified atom stereocenters. The standard InChI is InChI=1S/C15H19FN4O2S/c1-4-20-14(22)18-19-15(20)23-10(3)13(21)17-9(2)11-5-7-12(16)8-6-11/h5-10H,4H2,1-3H3,(H,17,21)(H,18,22). The maximum atomic E-state index is 12.9. The molecular formula is C15H19FN4O2S. The van der Waals surface area contributed by atoms with Crippen LogP contribution in [0.5, 0.6) is 0 Å². The number of hydrogen-bond donors (Lipinski definition) is 2. The van der Waals surface area contributed by atoms with Crippen molar-refractivity contribution < 1.29 is 9.18 Å². The molecule has 1 amide bonds. The first-order valence-electron chi connectivity index (χ1n) is 7.30. The molecule has 0 spiro atoms. The van der Waals surface area contributed by atoms with Crippen molar-refractivity contribution in [2.45, 2.75) is 43.8 Å². The minimum absolute atomic E-state index is 0.176. The molecule has 1 aromatic heterocycles. The lowest BCUT2D eigenvalue weighted by molar-refractivity contribution is -0.120. The molecule has 0 fully saturated rings. The molecule has 2 aromatic rings. The monoisotopic (exact) mass is 338 g/mol. The second-order valence-electron chi connectivity index (χ2n) is 5.10. The molecule has 124 valence electrons. The molecule has 1 aromatic carbocycles. The topological polar surface area (TPSA) is 79.8 Å². The summed E-state index contributed by atoms with van der Waals surface area (Å²) < 4.78 is 14.4. The van der Waals surface area contributed by atoms with Crippen LogP contribution in [0.3, 0.4) is 0 Å². The second-order valence-corrected chi connectivity index (χ2v) is 6.41. The third kappa shape index (κ3) is 4.22. The molecule has 0 saturated heterocycles. The van der Waals surface area contributed by atoms with Gasteiger partial charge in [-0.2, -0.15) is 0 Å². The van der Waals surface area contributed by atoms with Crippen LogP contribution in [-0.2, 0) is 11.3 Å². The molecule has 23 heavy (non-hydrogen) atoms. The van der Waals surface area contributed by atoms with E-state index in [9.17, 15) is 14.0 Å². The Morgan fingerprint density at radius 1 is 1.39 bits per heavy atom. The summed E-state index contributed by atoms with van der Waals surface area (Å²) in [6.45, 7) is 5.90. The zero-order chi connectivity index (χ0) is 17.0. The highest BCUT2D eigenvalue weighted by Crippen LogP contribution is 2.21. The highest BCUT2D eigenvalue weighted by Gasteiger charge is 2.20. The van der Waals surface area contributed by atoms with Gasteiger partial charge in [-0.1, -0.05) is 23.9 Å². The summed E-state index contributed by atoms with van der Waals surface area (Å²) in [5.41, 5.74) is 0.532. The predicted molar refractivity (Wildman–Crippen MR) is 86.8 cm³/mol. The van der Waals surface area contributed by atoms with Crippen LogP contribution >= 0.6 is 11.8 Å². The van der Waals surface area contributed by atoms with Gasteiger partial charge in [-0.3, -0.25) is 9.36 Å². The van der Waals surface area contributed by atoms with E-state index < -0.39 is 5.25 Å². The van der Waals surface area contributed by atoms with E-state index in [2.05, 4.69) is 15.5 Å². The van der Waals surface area contributed by atoms with Gasteiger partial charge in [-0.25, -0.2) is 14.3 Å². The van der Waals surface area contributed by atoms with Crippen molar-refractivity contribution in [1.29, 1.82) is 0 Å². The largest absolute Gasteiger partial charge is 0.349 e. The number of hydrogen-bond acceptors (Lipinski definition) is 4. The van der Waals surface area contributed by atoms with Gasteiger partial charge < -0.3 is 5.32 Å². The number of H-pyrrole nitrogens is 1. The third-order valence-electron chi connectivity index (χ3n) is 3.42. The molecule has 0 radical (unpaired) electrons. The molecule has 1 heterocycles. The molecule has 6 nitrogen and oxygen atoms in total. The van der Waals surface area contributed by atoms with Crippen LogP contribution < -0.4 is 11.0 Å². The first-order chi connectivity index (χ1) is 10.9. The van der Waals surface area contributed by atoms with Gasteiger partial charge in [0.05, 0.1) is 11.3 Å².